The largest absolute Gasteiger partial charge is 0.756 e. The van der Waals surface area contributed by atoms with Gasteiger partial charge in [0.25, 0.3) is 7.82 Å². The molecule has 0 rings (SSSR count). The average Bonchev–Trinajstić information content (AvgIpc) is 3.15. The molecular weight excluding hydrogens is 725 g/mol. The molecule has 0 aromatic rings. The summed E-state index contributed by atoms with van der Waals surface area (Å²) in [5.41, 5.74) is 0. The zero-order chi connectivity index (χ0) is 41.4. The number of phosphoric ester groups is 1. The van der Waals surface area contributed by atoms with Crippen molar-refractivity contribution in [2.45, 2.75) is 161 Å². The van der Waals surface area contributed by atoms with Crippen LogP contribution in [0.3, 0.4) is 0 Å². The summed E-state index contributed by atoms with van der Waals surface area (Å²) in [4.78, 5) is 37.5. The Morgan fingerprint density at radius 2 is 1.00 bits per heavy atom. The minimum Gasteiger partial charge on any atom is -0.756 e. The quantitative estimate of drug-likeness (QED) is 0.0199. The molecule has 0 radical (unpaired) electrons. The monoisotopic (exact) mass is 806 g/mol. The molecule has 1 unspecified atom stereocenters. The third-order valence-electron chi connectivity index (χ3n) is 8.68. The number of allylic oxidation sites excluding steroid dienone is 12. The van der Waals surface area contributed by atoms with E-state index in [1.165, 1.54) is 32.1 Å². The van der Waals surface area contributed by atoms with E-state index in [9.17, 15) is 19.0 Å². The number of hydrogen-bond acceptors (Lipinski definition) is 8. The van der Waals surface area contributed by atoms with Crippen molar-refractivity contribution >= 4 is 19.8 Å². The maximum atomic E-state index is 12.7. The zero-order valence-corrected chi connectivity index (χ0v) is 36.9. The highest BCUT2D eigenvalue weighted by Crippen LogP contribution is 2.38. The lowest BCUT2D eigenvalue weighted by atomic mass is 10.1. The van der Waals surface area contributed by atoms with Crippen LogP contribution in [0.4, 0.5) is 0 Å². The Hall–Kier alpha value is -2.55. The molecule has 0 aromatic heterocycles. The van der Waals surface area contributed by atoms with E-state index in [2.05, 4.69) is 86.8 Å². The number of esters is 2. The van der Waals surface area contributed by atoms with Crippen molar-refractivity contribution < 1.29 is 42.1 Å². The molecule has 0 bridgehead atoms. The second-order valence-electron chi connectivity index (χ2n) is 15.3. The number of hydrogen-bond donors (Lipinski definition) is 0. The summed E-state index contributed by atoms with van der Waals surface area (Å²) in [7, 11) is 1.12. The van der Waals surface area contributed by atoms with Gasteiger partial charge in [0.1, 0.15) is 19.8 Å². The van der Waals surface area contributed by atoms with Gasteiger partial charge < -0.3 is 27.9 Å². The Balaban J connectivity index is 4.47. The van der Waals surface area contributed by atoms with E-state index in [0.717, 1.165) is 83.5 Å². The molecule has 0 saturated carbocycles. The maximum absolute atomic E-state index is 12.7. The van der Waals surface area contributed by atoms with E-state index in [-0.39, 0.29) is 26.1 Å². The molecule has 322 valence electrons. The predicted molar refractivity (Wildman–Crippen MR) is 231 cm³/mol. The predicted octanol–water partition coefficient (Wildman–Crippen LogP) is 11.6. The highest BCUT2D eigenvalue weighted by atomic mass is 31.2. The lowest BCUT2D eigenvalue weighted by Gasteiger charge is -2.28. The van der Waals surface area contributed by atoms with Gasteiger partial charge in [0, 0.05) is 12.8 Å². The first kappa shape index (κ1) is 53.5. The first-order valence-corrected chi connectivity index (χ1v) is 23.1. The Morgan fingerprint density at radius 3 is 1.52 bits per heavy atom. The van der Waals surface area contributed by atoms with Gasteiger partial charge in [0.2, 0.25) is 0 Å². The van der Waals surface area contributed by atoms with Crippen LogP contribution in [0.15, 0.2) is 72.9 Å². The van der Waals surface area contributed by atoms with Gasteiger partial charge in [-0.05, 0) is 83.5 Å². The number of carbonyl (C=O) groups excluding carboxylic acids is 2. The van der Waals surface area contributed by atoms with Crippen molar-refractivity contribution in [2.24, 2.45) is 0 Å². The summed E-state index contributed by atoms with van der Waals surface area (Å²) < 4.78 is 33.8. The van der Waals surface area contributed by atoms with Crippen molar-refractivity contribution in [1.82, 2.24) is 0 Å². The molecule has 10 heteroatoms. The number of rotatable bonds is 38. The Bertz CT molecular complexity index is 1180. The zero-order valence-electron chi connectivity index (χ0n) is 36.1. The highest BCUT2D eigenvalue weighted by molar-refractivity contribution is 7.45. The van der Waals surface area contributed by atoms with Gasteiger partial charge >= 0.3 is 11.9 Å². The van der Waals surface area contributed by atoms with Gasteiger partial charge in [-0.15, -0.1) is 0 Å². The number of ether oxygens (including phenoxy) is 2. The third-order valence-corrected chi connectivity index (χ3v) is 9.64. The van der Waals surface area contributed by atoms with Crippen LogP contribution in [-0.4, -0.2) is 70.0 Å². The molecule has 0 aliphatic carbocycles. The normalized spacial score (nSPS) is 14.3. The summed E-state index contributed by atoms with van der Waals surface area (Å²) in [5, 5.41) is 0. The number of carbonyl (C=O) groups is 2. The molecule has 0 aliphatic heterocycles. The van der Waals surface area contributed by atoms with Crippen LogP contribution in [-0.2, 0) is 32.7 Å². The molecule has 0 N–H and O–H groups in total. The van der Waals surface area contributed by atoms with E-state index in [0.29, 0.717) is 23.9 Å². The molecular formula is C46H80NO8P. The van der Waals surface area contributed by atoms with Crippen LogP contribution in [0.1, 0.15) is 155 Å². The van der Waals surface area contributed by atoms with Gasteiger partial charge in [0.05, 0.1) is 27.7 Å². The molecule has 56 heavy (non-hydrogen) atoms. The van der Waals surface area contributed by atoms with Gasteiger partial charge in [-0.25, -0.2) is 0 Å². The van der Waals surface area contributed by atoms with E-state index in [1.807, 2.05) is 21.1 Å². The molecule has 0 heterocycles. The standard InChI is InChI=1S/C46H80NO8P/c1-6-8-10-12-14-16-18-20-22-23-25-26-28-30-32-34-36-38-45(48)52-42-44(43-54-56(50,51)53-41-40-47(3,4)5)55-46(49)39-37-35-33-31-29-27-24-21-19-17-15-13-11-9-7-2/h10,12,15-18,21-24,26,28,44H,6-9,11,13-14,19-20,25,27,29-43H2,1-5H3/b12-10+,17-15+,18-16+,23-22+,24-21+,28-26+/t44-/m1/s1. The minimum atomic E-state index is -4.64. The molecule has 2 atom stereocenters. The second-order valence-corrected chi connectivity index (χ2v) is 16.8. The lowest BCUT2D eigenvalue weighted by Crippen LogP contribution is -2.37. The van der Waals surface area contributed by atoms with E-state index < -0.39 is 32.5 Å². The molecule has 9 nitrogen and oxygen atoms in total. The molecule has 0 amide bonds. The van der Waals surface area contributed by atoms with E-state index in [1.54, 1.807) is 0 Å². The van der Waals surface area contributed by atoms with Crippen molar-refractivity contribution in [3.8, 4) is 0 Å². The van der Waals surface area contributed by atoms with Crippen LogP contribution < -0.4 is 4.89 Å². The Labute approximate surface area is 342 Å². The van der Waals surface area contributed by atoms with Crippen LogP contribution in [0.2, 0.25) is 0 Å². The average molecular weight is 806 g/mol. The number of phosphoric acid groups is 1. The number of likely N-dealkylation sites (N-methyl/N-ethyl adjacent to an activating group) is 1. The first-order valence-electron chi connectivity index (χ1n) is 21.6. The summed E-state index contributed by atoms with van der Waals surface area (Å²) in [6, 6.07) is 0. The molecule has 0 fully saturated rings. The SMILES string of the molecule is CCC/C=C/C/C=C/C/C=C/C/C=C/CCCCCC(=O)OC[C@H](COP(=O)([O-])OCC[N+](C)(C)C)OC(=O)CCCCCCC/C=C/C/C=C/CCCCC. The van der Waals surface area contributed by atoms with E-state index >= 15 is 0 Å². The topological polar surface area (TPSA) is 111 Å². The van der Waals surface area contributed by atoms with Gasteiger partial charge in [-0.2, -0.15) is 0 Å². The van der Waals surface area contributed by atoms with Crippen molar-refractivity contribution in [1.29, 1.82) is 0 Å². The van der Waals surface area contributed by atoms with Gasteiger partial charge in [-0.3, -0.25) is 14.2 Å². The Kier molecular flexibility index (Phi) is 36.3. The summed E-state index contributed by atoms with van der Waals surface area (Å²) in [5.74, 6) is -0.894. The number of quaternary nitrogens is 1. The highest BCUT2D eigenvalue weighted by Gasteiger charge is 2.21. The minimum absolute atomic E-state index is 0.0428. The first-order chi connectivity index (χ1) is 27.0. The van der Waals surface area contributed by atoms with E-state index in [4.69, 9.17) is 18.5 Å². The van der Waals surface area contributed by atoms with Gasteiger partial charge in [-0.1, -0.05) is 132 Å². The van der Waals surface area contributed by atoms with Crippen LogP contribution in [0.25, 0.3) is 0 Å². The number of nitrogens with zero attached hydrogens (tertiary/aromatic N) is 1. The van der Waals surface area contributed by atoms with Crippen molar-refractivity contribution in [3.05, 3.63) is 72.9 Å². The van der Waals surface area contributed by atoms with Crippen LogP contribution >= 0.6 is 7.82 Å². The fourth-order valence-electron chi connectivity index (χ4n) is 5.26. The molecule has 0 spiro atoms. The third kappa shape index (κ3) is 41.1. The van der Waals surface area contributed by atoms with Crippen molar-refractivity contribution in [3.63, 3.8) is 0 Å². The smallest absolute Gasteiger partial charge is 0.306 e. The maximum Gasteiger partial charge on any atom is 0.306 e. The lowest BCUT2D eigenvalue weighted by molar-refractivity contribution is -0.870. The fraction of sp³-hybridized carbons (Fsp3) is 0.696. The summed E-state index contributed by atoms with van der Waals surface area (Å²) >= 11 is 0. The van der Waals surface area contributed by atoms with Crippen LogP contribution in [0.5, 0.6) is 0 Å². The van der Waals surface area contributed by atoms with Gasteiger partial charge in [0.15, 0.2) is 6.10 Å². The Morgan fingerprint density at radius 1 is 0.554 bits per heavy atom. The summed E-state index contributed by atoms with van der Waals surface area (Å²) in [6.07, 6.45) is 46.4. The van der Waals surface area contributed by atoms with Crippen LogP contribution in [0, 0.1) is 0 Å². The summed E-state index contributed by atoms with van der Waals surface area (Å²) in [6.45, 7) is 4.05. The molecule has 0 saturated heterocycles. The second kappa shape index (κ2) is 38.0. The molecule has 0 aliphatic rings. The molecule has 0 aromatic carbocycles. The number of unbranched alkanes of at least 4 members (excludes halogenated alkanes) is 12. The van der Waals surface area contributed by atoms with Crippen molar-refractivity contribution in [2.75, 3.05) is 47.5 Å². The fourth-order valence-corrected chi connectivity index (χ4v) is 5.99.